The van der Waals surface area contributed by atoms with Crippen LogP contribution in [0.3, 0.4) is 0 Å². The number of hydrogen-bond donors (Lipinski definition) is 2. The quantitative estimate of drug-likeness (QED) is 0.327. The number of anilines is 1. The molecule has 0 aliphatic heterocycles. The van der Waals surface area contributed by atoms with Crippen LogP contribution in [0.25, 0.3) is 0 Å². The Morgan fingerprint density at radius 1 is 0.912 bits per heavy atom. The van der Waals surface area contributed by atoms with Gasteiger partial charge in [-0.25, -0.2) is 4.79 Å². The summed E-state index contributed by atoms with van der Waals surface area (Å²) in [5.74, 6) is -0.121. The summed E-state index contributed by atoms with van der Waals surface area (Å²) in [4.78, 5) is 23.7. The third kappa shape index (κ3) is 7.66. The fraction of sp³-hybridized carbons (Fsp3) is 0.286. The number of carbonyl (C=O) groups excluding carboxylic acids is 1. The first-order valence-electron chi connectivity index (χ1n) is 11.5. The Morgan fingerprint density at radius 3 is 2.32 bits per heavy atom. The number of ether oxygens (including phenoxy) is 2. The lowest BCUT2D eigenvalue weighted by Gasteiger charge is -2.15. The van der Waals surface area contributed by atoms with Gasteiger partial charge in [0.15, 0.2) is 6.61 Å². The van der Waals surface area contributed by atoms with E-state index in [2.05, 4.69) is 29.6 Å². The van der Waals surface area contributed by atoms with Gasteiger partial charge in [-0.15, -0.1) is 0 Å². The van der Waals surface area contributed by atoms with Crippen molar-refractivity contribution in [1.29, 1.82) is 0 Å². The van der Waals surface area contributed by atoms with Crippen molar-refractivity contribution in [3.05, 3.63) is 89.5 Å². The molecule has 6 nitrogen and oxygen atoms in total. The highest BCUT2D eigenvalue weighted by Crippen LogP contribution is 2.29. The Balaban J connectivity index is 1.54. The molecule has 2 N–H and O–H groups in total. The average Bonchev–Trinajstić information content (AvgIpc) is 2.84. The lowest BCUT2D eigenvalue weighted by atomic mass is 10.0. The van der Waals surface area contributed by atoms with E-state index in [9.17, 15) is 9.59 Å². The normalized spacial score (nSPS) is 10.7. The highest BCUT2D eigenvalue weighted by molar-refractivity contribution is 6.05. The number of unbranched alkanes of at least 4 members (excludes halogenated alkanes) is 1. The van der Waals surface area contributed by atoms with E-state index in [-0.39, 0.29) is 11.8 Å². The minimum Gasteiger partial charge on any atom is -0.494 e. The van der Waals surface area contributed by atoms with Crippen molar-refractivity contribution >= 4 is 17.6 Å². The van der Waals surface area contributed by atoms with Crippen LogP contribution in [0.2, 0.25) is 0 Å². The van der Waals surface area contributed by atoms with Gasteiger partial charge in [-0.3, -0.25) is 4.79 Å². The van der Waals surface area contributed by atoms with Crippen molar-refractivity contribution in [3.63, 3.8) is 0 Å². The van der Waals surface area contributed by atoms with E-state index in [4.69, 9.17) is 14.6 Å². The topological polar surface area (TPSA) is 84.9 Å². The van der Waals surface area contributed by atoms with Crippen molar-refractivity contribution in [2.45, 2.75) is 39.0 Å². The minimum atomic E-state index is -1.08. The molecule has 0 aromatic heterocycles. The Morgan fingerprint density at radius 2 is 1.65 bits per heavy atom. The van der Waals surface area contributed by atoms with Gasteiger partial charge in [0, 0.05) is 5.56 Å². The molecule has 3 rings (SSSR count). The monoisotopic (exact) mass is 461 g/mol. The lowest BCUT2D eigenvalue weighted by Crippen LogP contribution is -2.15. The largest absolute Gasteiger partial charge is 0.494 e. The molecule has 0 radical (unpaired) electrons. The smallest absolute Gasteiger partial charge is 0.341 e. The molecular weight excluding hydrogens is 430 g/mol. The van der Waals surface area contributed by atoms with Crippen LogP contribution in [-0.4, -0.2) is 30.2 Å². The molecule has 3 aromatic carbocycles. The third-order valence-corrected chi connectivity index (χ3v) is 5.36. The standard InChI is InChI=1S/C28H31NO5/c1-20(2)23-13-16-26(34-19-27(30)31)25(18-23)29-28(32)22-11-14-24(15-12-22)33-17-7-6-10-21-8-4-3-5-9-21/h3-5,8-9,11-16,18,20H,6-7,10,17,19H2,1-2H3,(H,29,32)(H,30,31). The second-order valence-electron chi connectivity index (χ2n) is 8.36. The first-order chi connectivity index (χ1) is 16.4. The molecule has 178 valence electrons. The fourth-order valence-corrected chi connectivity index (χ4v) is 3.43. The number of carboxylic acid groups (broad SMARTS) is 1. The number of rotatable bonds is 12. The Bertz CT molecular complexity index is 1080. The maximum Gasteiger partial charge on any atom is 0.341 e. The van der Waals surface area contributed by atoms with Gasteiger partial charge in [0.2, 0.25) is 0 Å². The zero-order valence-corrected chi connectivity index (χ0v) is 19.6. The highest BCUT2D eigenvalue weighted by atomic mass is 16.5. The molecular formula is C28H31NO5. The van der Waals surface area contributed by atoms with Gasteiger partial charge in [0.05, 0.1) is 12.3 Å². The molecule has 3 aromatic rings. The van der Waals surface area contributed by atoms with Gasteiger partial charge in [-0.2, -0.15) is 0 Å². The lowest BCUT2D eigenvalue weighted by molar-refractivity contribution is -0.139. The second kappa shape index (κ2) is 12.4. The molecule has 0 aliphatic carbocycles. The van der Waals surface area contributed by atoms with E-state index in [0.717, 1.165) is 24.8 Å². The number of amides is 1. The van der Waals surface area contributed by atoms with E-state index in [1.165, 1.54) is 5.56 Å². The second-order valence-corrected chi connectivity index (χ2v) is 8.36. The molecule has 34 heavy (non-hydrogen) atoms. The number of carboxylic acids is 1. The van der Waals surface area contributed by atoms with Gasteiger partial charge in [0.1, 0.15) is 11.5 Å². The third-order valence-electron chi connectivity index (χ3n) is 5.36. The molecule has 0 heterocycles. The number of aliphatic carboxylic acids is 1. The maximum atomic E-state index is 12.8. The van der Waals surface area contributed by atoms with Crippen LogP contribution >= 0.6 is 0 Å². The van der Waals surface area contributed by atoms with Crippen molar-refractivity contribution in [2.75, 3.05) is 18.5 Å². The van der Waals surface area contributed by atoms with Gasteiger partial charge in [-0.05, 0) is 72.7 Å². The fourth-order valence-electron chi connectivity index (χ4n) is 3.43. The van der Waals surface area contributed by atoms with E-state index >= 15 is 0 Å². The first kappa shape index (κ1) is 24.8. The van der Waals surface area contributed by atoms with Crippen LogP contribution in [0.1, 0.15) is 54.1 Å². The van der Waals surface area contributed by atoms with Gasteiger partial charge < -0.3 is 19.9 Å². The summed E-state index contributed by atoms with van der Waals surface area (Å²) >= 11 is 0. The van der Waals surface area contributed by atoms with Gasteiger partial charge in [0.25, 0.3) is 5.91 Å². The summed E-state index contributed by atoms with van der Waals surface area (Å²) in [6, 6.07) is 22.7. The predicted octanol–water partition coefficient (Wildman–Crippen LogP) is 5.93. The summed E-state index contributed by atoms with van der Waals surface area (Å²) in [6.45, 7) is 4.21. The van der Waals surface area contributed by atoms with Crippen LogP contribution in [-0.2, 0) is 11.2 Å². The summed E-state index contributed by atoms with van der Waals surface area (Å²) in [5.41, 5.74) is 3.24. The number of benzene rings is 3. The molecule has 0 fully saturated rings. The Labute approximate surface area is 200 Å². The Kier molecular flexibility index (Phi) is 9.09. The van der Waals surface area contributed by atoms with Gasteiger partial charge >= 0.3 is 5.97 Å². The molecule has 0 spiro atoms. The van der Waals surface area contributed by atoms with Crippen LogP contribution in [0, 0.1) is 0 Å². The van der Waals surface area contributed by atoms with Gasteiger partial charge in [-0.1, -0.05) is 50.2 Å². The summed E-state index contributed by atoms with van der Waals surface area (Å²) < 4.78 is 11.2. The summed E-state index contributed by atoms with van der Waals surface area (Å²) in [7, 11) is 0. The number of nitrogens with one attached hydrogen (secondary N) is 1. The molecule has 1 amide bonds. The zero-order chi connectivity index (χ0) is 24.3. The van der Waals surface area contributed by atoms with Crippen LogP contribution in [0.5, 0.6) is 11.5 Å². The zero-order valence-electron chi connectivity index (χ0n) is 19.6. The predicted molar refractivity (Wildman–Crippen MR) is 133 cm³/mol. The Hall–Kier alpha value is -3.80. The SMILES string of the molecule is CC(C)c1ccc(OCC(=O)O)c(NC(=O)c2ccc(OCCCCc3ccccc3)cc2)c1. The molecule has 0 saturated heterocycles. The summed E-state index contributed by atoms with van der Waals surface area (Å²) in [6.07, 6.45) is 3.02. The minimum absolute atomic E-state index is 0.244. The van der Waals surface area contributed by atoms with E-state index in [1.54, 1.807) is 30.3 Å². The number of hydrogen-bond acceptors (Lipinski definition) is 4. The van der Waals surface area contributed by atoms with Crippen LogP contribution in [0.4, 0.5) is 5.69 Å². The molecule has 0 saturated carbocycles. The van der Waals surface area contributed by atoms with Crippen molar-refractivity contribution in [3.8, 4) is 11.5 Å². The molecule has 0 aliphatic rings. The highest BCUT2D eigenvalue weighted by Gasteiger charge is 2.13. The molecule has 0 bridgehead atoms. The van der Waals surface area contributed by atoms with Crippen molar-refractivity contribution in [2.24, 2.45) is 0 Å². The molecule has 0 atom stereocenters. The maximum absolute atomic E-state index is 12.8. The molecule has 0 unspecified atom stereocenters. The van der Waals surface area contributed by atoms with Crippen LogP contribution < -0.4 is 14.8 Å². The van der Waals surface area contributed by atoms with E-state index in [0.29, 0.717) is 29.4 Å². The number of carbonyl (C=O) groups is 2. The summed E-state index contributed by atoms with van der Waals surface area (Å²) in [5, 5.41) is 11.8. The van der Waals surface area contributed by atoms with E-state index < -0.39 is 12.6 Å². The number of aryl methyl sites for hydroxylation is 1. The molecule has 6 heteroatoms. The first-order valence-corrected chi connectivity index (χ1v) is 11.5. The van der Waals surface area contributed by atoms with Crippen LogP contribution in [0.15, 0.2) is 72.8 Å². The van der Waals surface area contributed by atoms with Crippen molar-refractivity contribution in [1.82, 2.24) is 0 Å². The average molecular weight is 462 g/mol. The van der Waals surface area contributed by atoms with Crippen molar-refractivity contribution < 1.29 is 24.2 Å². The van der Waals surface area contributed by atoms with E-state index in [1.807, 2.05) is 32.0 Å².